The Kier molecular flexibility index (Phi) is 3.14. The van der Waals surface area contributed by atoms with Crippen molar-refractivity contribution in [3.8, 4) is 0 Å². The van der Waals surface area contributed by atoms with Gasteiger partial charge in [-0.3, -0.25) is 0 Å². The second-order valence-electron chi connectivity index (χ2n) is 4.16. The molecule has 1 heterocycles. The second-order valence-corrected chi connectivity index (χ2v) is 6.77. The maximum atomic E-state index is 12.9. The number of para-hydroxylation sites is 1. The molecule has 0 radical (unpaired) electrons. The highest BCUT2D eigenvalue weighted by Crippen LogP contribution is 2.36. The third-order valence-corrected chi connectivity index (χ3v) is 5.56. The molecular formula is C14H8BrFO3S. The Bertz CT molecular complexity index is 882. The van der Waals surface area contributed by atoms with Crippen LogP contribution in [-0.4, -0.2) is 8.42 Å². The highest BCUT2D eigenvalue weighted by atomic mass is 79.9. The topological polar surface area (TPSA) is 47.3 Å². The number of sulfone groups is 1. The van der Waals surface area contributed by atoms with E-state index in [9.17, 15) is 12.8 Å². The molecule has 3 rings (SSSR count). The average Bonchev–Trinajstić information content (AvgIpc) is 2.75. The van der Waals surface area contributed by atoms with E-state index in [4.69, 9.17) is 4.42 Å². The van der Waals surface area contributed by atoms with Crippen molar-refractivity contribution < 1.29 is 17.2 Å². The molecule has 0 fully saturated rings. The van der Waals surface area contributed by atoms with Gasteiger partial charge in [-0.1, -0.05) is 12.1 Å². The Morgan fingerprint density at radius 2 is 1.65 bits per heavy atom. The Labute approximate surface area is 123 Å². The highest BCUT2D eigenvalue weighted by Gasteiger charge is 2.26. The van der Waals surface area contributed by atoms with Crippen LogP contribution in [0.3, 0.4) is 0 Å². The predicted octanol–water partition coefficient (Wildman–Crippen LogP) is 4.17. The van der Waals surface area contributed by atoms with Gasteiger partial charge in [-0.25, -0.2) is 12.8 Å². The van der Waals surface area contributed by atoms with Crippen LogP contribution in [0.5, 0.6) is 0 Å². The first-order valence-corrected chi connectivity index (χ1v) is 7.95. The van der Waals surface area contributed by atoms with Crippen molar-refractivity contribution in [2.75, 3.05) is 0 Å². The molecule has 2 aromatic carbocycles. The summed E-state index contributed by atoms with van der Waals surface area (Å²) in [6, 6.07) is 11.5. The standard InChI is InChI=1S/C14H8BrFO3S/c15-14-13(11-3-1-2-4-12(11)19-14)20(17,18)10-7-5-9(16)6-8-10/h1-8H. The molecule has 6 heteroatoms. The van der Waals surface area contributed by atoms with Crippen molar-refractivity contribution in [1.29, 1.82) is 0 Å². The van der Waals surface area contributed by atoms with Crippen LogP contribution in [0.15, 0.2) is 67.4 Å². The molecule has 0 bridgehead atoms. The summed E-state index contributed by atoms with van der Waals surface area (Å²) in [7, 11) is -3.78. The normalized spacial score (nSPS) is 11.9. The fraction of sp³-hybridized carbons (Fsp3) is 0. The van der Waals surface area contributed by atoms with Crippen molar-refractivity contribution in [1.82, 2.24) is 0 Å². The fourth-order valence-corrected chi connectivity index (χ4v) is 4.44. The molecule has 0 saturated carbocycles. The van der Waals surface area contributed by atoms with Gasteiger partial charge in [0.2, 0.25) is 9.84 Å². The predicted molar refractivity (Wildman–Crippen MR) is 75.8 cm³/mol. The molecule has 3 aromatic rings. The number of halogens is 2. The summed E-state index contributed by atoms with van der Waals surface area (Å²) in [6.45, 7) is 0. The van der Waals surface area contributed by atoms with Crippen LogP contribution < -0.4 is 0 Å². The number of rotatable bonds is 2. The lowest BCUT2D eigenvalue weighted by Crippen LogP contribution is -2.02. The smallest absolute Gasteiger partial charge is 0.211 e. The lowest BCUT2D eigenvalue weighted by atomic mass is 10.3. The van der Waals surface area contributed by atoms with Crippen LogP contribution in [0.4, 0.5) is 4.39 Å². The van der Waals surface area contributed by atoms with E-state index in [0.717, 1.165) is 12.1 Å². The zero-order chi connectivity index (χ0) is 14.3. The summed E-state index contributed by atoms with van der Waals surface area (Å²) in [5.74, 6) is -0.486. The number of hydrogen-bond acceptors (Lipinski definition) is 3. The molecule has 0 atom stereocenters. The molecule has 0 spiro atoms. The van der Waals surface area contributed by atoms with Crippen LogP contribution in [0.25, 0.3) is 11.0 Å². The quantitative estimate of drug-likeness (QED) is 0.649. The zero-order valence-corrected chi connectivity index (χ0v) is 12.4. The first kappa shape index (κ1) is 13.3. The van der Waals surface area contributed by atoms with E-state index >= 15 is 0 Å². The first-order valence-electron chi connectivity index (χ1n) is 5.68. The summed E-state index contributed by atoms with van der Waals surface area (Å²) < 4.78 is 43.7. The molecule has 3 nitrogen and oxygen atoms in total. The van der Waals surface area contributed by atoms with Crippen molar-refractivity contribution in [3.63, 3.8) is 0 Å². The third kappa shape index (κ3) is 2.05. The van der Waals surface area contributed by atoms with Gasteiger partial charge < -0.3 is 4.42 Å². The number of hydrogen-bond donors (Lipinski definition) is 0. The van der Waals surface area contributed by atoms with Crippen LogP contribution in [0.2, 0.25) is 0 Å². The van der Waals surface area contributed by atoms with Crippen LogP contribution >= 0.6 is 15.9 Å². The molecule has 20 heavy (non-hydrogen) atoms. The molecule has 0 amide bonds. The number of furan rings is 1. The number of fused-ring (bicyclic) bond motifs is 1. The van der Waals surface area contributed by atoms with E-state index in [0.29, 0.717) is 11.0 Å². The lowest BCUT2D eigenvalue weighted by Gasteiger charge is -2.03. The van der Waals surface area contributed by atoms with Gasteiger partial charge in [0.1, 0.15) is 16.3 Å². The van der Waals surface area contributed by atoms with Gasteiger partial charge in [-0.2, -0.15) is 0 Å². The molecule has 0 aliphatic carbocycles. The van der Waals surface area contributed by atoms with E-state index in [2.05, 4.69) is 15.9 Å². The first-order chi connectivity index (χ1) is 9.50. The van der Waals surface area contributed by atoms with Crippen molar-refractivity contribution in [3.05, 3.63) is 59.0 Å². The molecule has 0 unspecified atom stereocenters. The minimum absolute atomic E-state index is 0.0196. The van der Waals surface area contributed by atoms with Crippen molar-refractivity contribution in [2.45, 2.75) is 9.79 Å². The van der Waals surface area contributed by atoms with E-state index in [1.165, 1.54) is 12.1 Å². The largest absolute Gasteiger partial charge is 0.448 e. The molecule has 0 saturated heterocycles. The summed E-state index contributed by atoms with van der Waals surface area (Å²) in [5.41, 5.74) is 0.472. The molecule has 0 N–H and O–H groups in total. The van der Waals surface area contributed by atoms with Gasteiger partial charge in [-0.05, 0) is 52.3 Å². The zero-order valence-electron chi connectivity index (χ0n) is 10.0. The Morgan fingerprint density at radius 3 is 2.35 bits per heavy atom. The highest BCUT2D eigenvalue weighted by molar-refractivity contribution is 9.10. The van der Waals surface area contributed by atoms with Gasteiger partial charge in [0.15, 0.2) is 4.67 Å². The monoisotopic (exact) mass is 354 g/mol. The summed E-state index contributed by atoms with van der Waals surface area (Å²) >= 11 is 3.14. The van der Waals surface area contributed by atoms with E-state index < -0.39 is 15.7 Å². The second kappa shape index (κ2) is 4.71. The molecule has 1 aromatic heterocycles. The Hall–Kier alpha value is -1.66. The van der Waals surface area contributed by atoms with E-state index in [-0.39, 0.29) is 14.5 Å². The van der Waals surface area contributed by atoms with Gasteiger partial charge in [0.05, 0.1) is 4.90 Å². The maximum Gasteiger partial charge on any atom is 0.211 e. The molecule has 102 valence electrons. The SMILES string of the molecule is O=S(=O)(c1ccc(F)cc1)c1c(Br)oc2ccccc12. The molecular weight excluding hydrogens is 347 g/mol. The maximum absolute atomic E-state index is 12.9. The summed E-state index contributed by atoms with van der Waals surface area (Å²) in [5, 5.41) is 0.490. The summed E-state index contributed by atoms with van der Waals surface area (Å²) in [4.78, 5) is 0.0749. The third-order valence-electron chi connectivity index (χ3n) is 2.90. The van der Waals surface area contributed by atoms with Crippen LogP contribution in [-0.2, 0) is 9.84 Å². The minimum Gasteiger partial charge on any atom is -0.448 e. The lowest BCUT2D eigenvalue weighted by molar-refractivity contribution is 0.564. The van der Waals surface area contributed by atoms with Gasteiger partial charge in [-0.15, -0.1) is 0 Å². The summed E-state index contributed by atoms with van der Waals surface area (Å²) in [6.07, 6.45) is 0. The fourth-order valence-electron chi connectivity index (χ4n) is 1.97. The van der Waals surface area contributed by atoms with E-state index in [1.807, 2.05) is 0 Å². The Morgan fingerprint density at radius 1 is 1.00 bits per heavy atom. The molecule has 0 aliphatic heterocycles. The minimum atomic E-state index is -3.78. The van der Waals surface area contributed by atoms with Crippen molar-refractivity contribution >= 4 is 36.7 Å². The Balaban J connectivity index is 2.29. The molecule has 0 aliphatic rings. The average molecular weight is 355 g/mol. The van der Waals surface area contributed by atoms with Crippen molar-refractivity contribution in [2.24, 2.45) is 0 Å². The van der Waals surface area contributed by atoms with E-state index in [1.54, 1.807) is 24.3 Å². The van der Waals surface area contributed by atoms with Crippen LogP contribution in [0.1, 0.15) is 0 Å². The van der Waals surface area contributed by atoms with Gasteiger partial charge in [0, 0.05) is 5.39 Å². The van der Waals surface area contributed by atoms with Gasteiger partial charge in [0.25, 0.3) is 0 Å². The van der Waals surface area contributed by atoms with Gasteiger partial charge >= 0.3 is 0 Å². The van der Waals surface area contributed by atoms with Crippen LogP contribution in [0, 0.1) is 5.82 Å². The number of benzene rings is 2.